The van der Waals surface area contributed by atoms with Crippen molar-refractivity contribution >= 4 is 22.3 Å². The summed E-state index contributed by atoms with van der Waals surface area (Å²) in [6.07, 6.45) is 4.03. The summed E-state index contributed by atoms with van der Waals surface area (Å²) in [6.45, 7) is 5.07. The van der Waals surface area contributed by atoms with E-state index in [1.54, 1.807) is 6.20 Å². The molecular weight excluding hydrogens is 267 g/mol. The van der Waals surface area contributed by atoms with E-state index in [-0.39, 0.29) is 5.82 Å². The highest BCUT2D eigenvalue weighted by molar-refractivity contribution is 5.98. The van der Waals surface area contributed by atoms with Crippen LogP contribution in [0.1, 0.15) is 19.8 Å². The molecule has 3 N–H and O–H groups in total. The van der Waals surface area contributed by atoms with E-state index < -0.39 is 0 Å². The average Bonchev–Trinajstić information content (AvgIpc) is 2.94. The number of nitrogens with two attached hydrogens (primary N) is 1. The van der Waals surface area contributed by atoms with Crippen molar-refractivity contribution < 1.29 is 4.39 Å². The van der Waals surface area contributed by atoms with Crippen molar-refractivity contribution in [3.05, 3.63) is 30.2 Å². The molecular formula is C16H21FN4. The Bertz CT molecular complexity index is 643. The molecule has 112 valence electrons. The van der Waals surface area contributed by atoms with Crippen molar-refractivity contribution in [1.29, 1.82) is 0 Å². The largest absolute Gasteiger partial charge is 0.398 e. The van der Waals surface area contributed by atoms with Crippen LogP contribution in [-0.2, 0) is 0 Å². The van der Waals surface area contributed by atoms with Gasteiger partial charge in [0.25, 0.3) is 0 Å². The Morgan fingerprint density at radius 3 is 3.19 bits per heavy atom. The Morgan fingerprint density at radius 2 is 2.38 bits per heavy atom. The van der Waals surface area contributed by atoms with Crippen molar-refractivity contribution in [2.45, 2.75) is 25.8 Å². The maximum atomic E-state index is 14.2. The van der Waals surface area contributed by atoms with Crippen LogP contribution >= 0.6 is 0 Å². The molecule has 1 aromatic carbocycles. The van der Waals surface area contributed by atoms with Gasteiger partial charge in [-0.2, -0.15) is 0 Å². The molecule has 2 heterocycles. The summed E-state index contributed by atoms with van der Waals surface area (Å²) in [7, 11) is 0. The van der Waals surface area contributed by atoms with E-state index in [9.17, 15) is 4.39 Å². The minimum absolute atomic E-state index is 0.334. The molecule has 1 atom stereocenters. The van der Waals surface area contributed by atoms with E-state index in [0.717, 1.165) is 31.4 Å². The number of anilines is 2. The molecule has 0 aliphatic carbocycles. The zero-order chi connectivity index (χ0) is 14.8. The number of nitrogen functional groups attached to an aromatic ring is 1. The van der Waals surface area contributed by atoms with Gasteiger partial charge in [0.2, 0.25) is 0 Å². The van der Waals surface area contributed by atoms with Gasteiger partial charge in [-0.25, -0.2) is 4.39 Å². The fourth-order valence-corrected chi connectivity index (χ4v) is 3.17. The second-order valence-electron chi connectivity index (χ2n) is 5.53. The van der Waals surface area contributed by atoms with Gasteiger partial charge in [-0.3, -0.25) is 9.88 Å². The molecule has 0 bridgehead atoms. The Balaban J connectivity index is 1.87. The van der Waals surface area contributed by atoms with E-state index in [2.05, 4.69) is 22.1 Å². The van der Waals surface area contributed by atoms with Crippen molar-refractivity contribution in [2.75, 3.05) is 30.7 Å². The third-order valence-corrected chi connectivity index (χ3v) is 4.30. The monoisotopic (exact) mass is 288 g/mol. The van der Waals surface area contributed by atoms with E-state index in [0.29, 0.717) is 22.9 Å². The SMILES string of the molecule is CCN1CCCC1CNc1c(F)cc(N)c2cccnc12. The molecule has 0 amide bonds. The van der Waals surface area contributed by atoms with E-state index >= 15 is 0 Å². The zero-order valence-corrected chi connectivity index (χ0v) is 12.3. The van der Waals surface area contributed by atoms with Crippen LogP contribution in [0.25, 0.3) is 10.9 Å². The summed E-state index contributed by atoms with van der Waals surface area (Å²) in [5.74, 6) is -0.334. The van der Waals surface area contributed by atoms with Gasteiger partial charge in [0.05, 0.1) is 11.2 Å². The molecule has 4 nitrogen and oxygen atoms in total. The number of nitrogens with one attached hydrogen (secondary N) is 1. The summed E-state index contributed by atoms with van der Waals surface area (Å²) in [4.78, 5) is 6.72. The van der Waals surface area contributed by atoms with Gasteiger partial charge in [-0.05, 0) is 44.1 Å². The van der Waals surface area contributed by atoms with Crippen LogP contribution in [0.2, 0.25) is 0 Å². The van der Waals surface area contributed by atoms with Crippen LogP contribution < -0.4 is 11.1 Å². The van der Waals surface area contributed by atoms with Crippen molar-refractivity contribution in [2.24, 2.45) is 0 Å². The van der Waals surface area contributed by atoms with E-state index in [1.807, 2.05) is 12.1 Å². The van der Waals surface area contributed by atoms with Gasteiger partial charge in [-0.15, -0.1) is 0 Å². The summed E-state index contributed by atoms with van der Waals surface area (Å²) >= 11 is 0. The number of benzene rings is 1. The molecule has 1 saturated heterocycles. The highest BCUT2D eigenvalue weighted by Crippen LogP contribution is 2.30. The van der Waals surface area contributed by atoms with Gasteiger partial charge in [0.15, 0.2) is 5.82 Å². The van der Waals surface area contributed by atoms with Crippen LogP contribution in [0.15, 0.2) is 24.4 Å². The average molecular weight is 288 g/mol. The molecule has 1 aromatic heterocycles. The molecule has 21 heavy (non-hydrogen) atoms. The lowest BCUT2D eigenvalue weighted by Crippen LogP contribution is -2.34. The standard InChI is InChI=1S/C16H21FN4/c1-2-21-8-4-5-11(21)10-20-16-13(17)9-14(18)12-6-3-7-19-15(12)16/h3,6-7,9,11,20H,2,4-5,8,10,18H2,1H3. The van der Waals surface area contributed by atoms with Gasteiger partial charge < -0.3 is 11.1 Å². The van der Waals surface area contributed by atoms with Gasteiger partial charge >= 0.3 is 0 Å². The molecule has 1 unspecified atom stereocenters. The number of aromatic nitrogens is 1. The van der Waals surface area contributed by atoms with Crippen LogP contribution in [0.5, 0.6) is 0 Å². The predicted octanol–water partition coefficient (Wildman–Crippen LogP) is 2.85. The van der Waals surface area contributed by atoms with Crippen molar-refractivity contribution in [3.63, 3.8) is 0 Å². The summed E-state index contributed by atoms with van der Waals surface area (Å²) < 4.78 is 14.2. The topological polar surface area (TPSA) is 54.2 Å². The molecule has 5 heteroatoms. The maximum Gasteiger partial charge on any atom is 0.150 e. The third-order valence-electron chi connectivity index (χ3n) is 4.30. The normalized spacial score (nSPS) is 19.2. The second kappa shape index (κ2) is 5.85. The Hall–Kier alpha value is -1.88. The van der Waals surface area contributed by atoms with Crippen LogP contribution in [-0.4, -0.2) is 35.6 Å². The molecule has 1 aliphatic heterocycles. The Kier molecular flexibility index (Phi) is 3.92. The second-order valence-corrected chi connectivity index (χ2v) is 5.53. The number of hydrogen-bond donors (Lipinski definition) is 2. The minimum atomic E-state index is -0.334. The first-order valence-electron chi connectivity index (χ1n) is 7.51. The number of likely N-dealkylation sites (tertiary alicyclic amines) is 1. The highest BCUT2D eigenvalue weighted by atomic mass is 19.1. The van der Waals surface area contributed by atoms with Crippen LogP contribution in [0.3, 0.4) is 0 Å². The summed E-state index contributed by atoms with van der Waals surface area (Å²) in [5.41, 5.74) is 7.37. The number of rotatable bonds is 4. The fourth-order valence-electron chi connectivity index (χ4n) is 3.17. The zero-order valence-electron chi connectivity index (χ0n) is 12.3. The van der Waals surface area contributed by atoms with E-state index in [4.69, 9.17) is 5.73 Å². The van der Waals surface area contributed by atoms with Gasteiger partial charge in [-0.1, -0.05) is 6.92 Å². The number of fused-ring (bicyclic) bond motifs is 1. The lowest BCUT2D eigenvalue weighted by Gasteiger charge is -2.23. The lowest BCUT2D eigenvalue weighted by atomic mass is 10.1. The number of hydrogen-bond acceptors (Lipinski definition) is 4. The smallest absolute Gasteiger partial charge is 0.150 e. The first-order chi connectivity index (χ1) is 10.2. The molecule has 2 aromatic rings. The summed E-state index contributed by atoms with van der Waals surface area (Å²) in [5, 5.41) is 4.05. The number of pyridine rings is 1. The van der Waals surface area contributed by atoms with Gasteiger partial charge in [0.1, 0.15) is 0 Å². The number of halogens is 1. The molecule has 1 aliphatic rings. The fraction of sp³-hybridized carbons (Fsp3) is 0.438. The maximum absolute atomic E-state index is 14.2. The number of likely N-dealkylation sites (N-methyl/N-ethyl adjacent to an activating group) is 1. The first kappa shape index (κ1) is 14.1. The Morgan fingerprint density at radius 1 is 1.52 bits per heavy atom. The molecule has 1 fully saturated rings. The molecule has 0 spiro atoms. The van der Waals surface area contributed by atoms with Gasteiger partial charge in [0, 0.05) is 29.9 Å². The molecule has 3 rings (SSSR count). The van der Waals surface area contributed by atoms with Crippen molar-refractivity contribution in [3.8, 4) is 0 Å². The van der Waals surface area contributed by atoms with Crippen LogP contribution in [0.4, 0.5) is 15.8 Å². The summed E-state index contributed by atoms with van der Waals surface area (Å²) in [6, 6.07) is 5.52. The number of nitrogens with zero attached hydrogens (tertiary/aromatic N) is 2. The van der Waals surface area contributed by atoms with E-state index in [1.165, 1.54) is 12.5 Å². The Labute approximate surface area is 124 Å². The first-order valence-corrected chi connectivity index (χ1v) is 7.51. The molecule has 0 radical (unpaired) electrons. The van der Waals surface area contributed by atoms with Crippen molar-refractivity contribution in [1.82, 2.24) is 9.88 Å². The highest BCUT2D eigenvalue weighted by Gasteiger charge is 2.23. The quantitative estimate of drug-likeness (QED) is 0.849. The van der Waals surface area contributed by atoms with Crippen LogP contribution in [0, 0.1) is 5.82 Å². The third kappa shape index (κ3) is 2.65. The lowest BCUT2D eigenvalue weighted by molar-refractivity contribution is 0.277. The molecule has 0 saturated carbocycles. The minimum Gasteiger partial charge on any atom is -0.398 e. The predicted molar refractivity (Wildman–Crippen MR) is 84.9 cm³/mol.